The van der Waals surface area contributed by atoms with Crippen molar-refractivity contribution >= 4 is 64.4 Å². The lowest BCUT2D eigenvalue weighted by molar-refractivity contribution is -0.115. The predicted molar refractivity (Wildman–Crippen MR) is 167 cm³/mol. The number of benzene rings is 4. The molecule has 4 aromatic rings. The molecule has 212 valence electrons. The van der Waals surface area contributed by atoms with Gasteiger partial charge in [0.05, 0.1) is 16.5 Å². The Hall–Kier alpha value is -4.86. The first-order valence-electron chi connectivity index (χ1n) is 12.8. The molecule has 1 atom stereocenters. The maximum absolute atomic E-state index is 13.4. The fourth-order valence-electron chi connectivity index (χ4n) is 3.83. The summed E-state index contributed by atoms with van der Waals surface area (Å²) in [5.74, 6) is -1.98. The van der Waals surface area contributed by atoms with E-state index in [0.717, 1.165) is 0 Å². The molecular weight excluding hydrogens is 572 g/mol. The van der Waals surface area contributed by atoms with Gasteiger partial charge in [-0.2, -0.15) is 0 Å². The first kappa shape index (κ1) is 30.1. The van der Waals surface area contributed by atoms with Crippen LogP contribution in [0.25, 0.3) is 6.08 Å². The minimum Gasteiger partial charge on any atom is -0.366 e. The van der Waals surface area contributed by atoms with Crippen molar-refractivity contribution in [2.24, 2.45) is 5.73 Å². The highest BCUT2D eigenvalue weighted by Crippen LogP contribution is 2.27. The molecule has 4 rings (SSSR count). The number of amides is 4. The number of primary amides is 1. The normalized spacial score (nSPS) is 11.7. The van der Waals surface area contributed by atoms with Crippen molar-refractivity contribution in [1.29, 1.82) is 0 Å². The van der Waals surface area contributed by atoms with Gasteiger partial charge in [-0.15, -0.1) is 11.8 Å². The lowest BCUT2D eigenvalue weighted by atomic mass is 10.1. The zero-order valence-corrected chi connectivity index (χ0v) is 24.0. The minimum absolute atomic E-state index is 0.00382. The zero-order chi connectivity index (χ0) is 30.1. The van der Waals surface area contributed by atoms with E-state index in [4.69, 9.17) is 17.3 Å². The molecule has 4 amide bonds. The standard InChI is InChI=1S/C32H27ClN4O4S/c1-20(30(39)36-27-17-8-6-15-25(27)29(34)38)42-24-14-9-13-23(19-24)35-32(41)28(18-22-12-5-7-16-26(22)33)37-31(40)21-10-3-2-4-11-21/h2-20H,1H3,(H2,34,38)(H,35,41)(H,36,39)(H,37,40)/b28-18+. The number of para-hydroxylation sites is 1. The Morgan fingerprint density at radius 2 is 1.52 bits per heavy atom. The third-order valence-corrected chi connectivity index (χ3v) is 7.40. The van der Waals surface area contributed by atoms with Crippen molar-refractivity contribution in [2.45, 2.75) is 17.1 Å². The number of rotatable bonds is 10. The van der Waals surface area contributed by atoms with Gasteiger partial charge in [0.1, 0.15) is 5.70 Å². The van der Waals surface area contributed by atoms with Gasteiger partial charge in [0.15, 0.2) is 0 Å². The summed E-state index contributed by atoms with van der Waals surface area (Å²) < 4.78 is 0. The Labute approximate surface area is 252 Å². The van der Waals surface area contributed by atoms with Gasteiger partial charge in [-0.25, -0.2) is 0 Å². The molecule has 0 aromatic heterocycles. The number of hydrogen-bond donors (Lipinski definition) is 4. The van der Waals surface area contributed by atoms with Gasteiger partial charge in [0, 0.05) is 21.2 Å². The van der Waals surface area contributed by atoms with Gasteiger partial charge in [-0.3, -0.25) is 19.2 Å². The molecule has 42 heavy (non-hydrogen) atoms. The van der Waals surface area contributed by atoms with Crippen LogP contribution in [-0.4, -0.2) is 28.9 Å². The molecule has 10 heteroatoms. The first-order valence-corrected chi connectivity index (χ1v) is 14.1. The van der Waals surface area contributed by atoms with Crippen molar-refractivity contribution in [2.75, 3.05) is 10.6 Å². The van der Waals surface area contributed by atoms with Crippen LogP contribution in [0.1, 0.15) is 33.2 Å². The summed E-state index contributed by atoms with van der Waals surface area (Å²) in [5, 5.41) is 8.12. The maximum atomic E-state index is 13.4. The van der Waals surface area contributed by atoms with Crippen molar-refractivity contribution in [3.8, 4) is 0 Å². The molecule has 0 bridgehead atoms. The van der Waals surface area contributed by atoms with Gasteiger partial charge < -0.3 is 21.7 Å². The Bertz CT molecular complexity index is 1660. The van der Waals surface area contributed by atoms with Crippen LogP contribution in [0.4, 0.5) is 11.4 Å². The van der Waals surface area contributed by atoms with Crippen LogP contribution in [0.15, 0.2) is 114 Å². The largest absolute Gasteiger partial charge is 0.366 e. The van der Waals surface area contributed by atoms with Gasteiger partial charge in [-0.05, 0) is 67.1 Å². The average Bonchev–Trinajstić information content (AvgIpc) is 2.98. The van der Waals surface area contributed by atoms with E-state index < -0.39 is 23.0 Å². The quantitative estimate of drug-likeness (QED) is 0.132. The number of halogens is 1. The molecular formula is C32H27ClN4O4S. The topological polar surface area (TPSA) is 130 Å². The van der Waals surface area contributed by atoms with Gasteiger partial charge in [0.2, 0.25) is 5.91 Å². The highest BCUT2D eigenvalue weighted by Gasteiger charge is 2.19. The minimum atomic E-state index is -0.641. The van der Waals surface area contributed by atoms with Crippen molar-refractivity contribution < 1.29 is 19.2 Å². The SMILES string of the molecule is CC(Sc1cccc(NC(=O)/C(=C\c2ccccc2Cl)NC(=O)c2ccccc2)c1)C(=O)Nc1ccccc1C(N)=O. The second-order valence-corrected chi connectivity index (χ2v) is 10.9. The van der Waals surface area contributed by atoms with Gasteiger partial charge in [-0.1, -0.05) is 66.2 Å². The van der Waals surface area contributed by atoms with E-state index in [2.05, 4.69) is 16.0 Å². The number of thioether (sulfide) groups is 1. The molecule has 0 aliphatic carbocycles. The Morgan fingerprint density at radius 1 is 0.833 bits per heavy atom. The molecule has 1 unspecified atom stereocenters. The Morgan fingerprint density at radius 3 is 2.26 bits per heavy atom. The van der Waals surface area contributed by atoms with Gasteiger partial charge >= 0.3 is 0 Å². The summed E-state index contributed by atoms with van der Waals surface area (Å²) >= 11 is 7.58. The van der Waals surface area contributed by atoms with Crippen LogP contribution in [0, 0.1) is 0 Å². The number of nitrogens with one attached hydrogen (secondary N) is 3. The number of carbonyl (C=O) groups excluding carboxylic acids is 4. The molecule has 5 N–H and O–H groups in total. The van der Waals surface area contributed by atoms with Crippen molar-refractivity contribution in [3.63, 3.8) is 0 Å². The van der Waals surface area contributed by atoms with E-state index in [-0.39, 0.29) is 17.2 Å². The summed E-state index contributed by atoms with van der Waals surface area (Å²) in [6, 6.07) is 29.0. The number of hydrogen-bond acceptors (Lipinski definition) is 5. The van der Waals surface area contributed by atoms with E-state index in [1.807, 2.05) is 0 Å². The van der Waals surface area contributed by atoms with Crippen molar-refractivity contribution in [3.05, 3.63) is 131 Å². The van der Waals surface area contributed by atoms with E-state index in [1.165, 1.54) is 17.8 Å². The van der Waals surface area contributed by atoms with Crippen LogP contribution in [-0.2, 0) is 9.59 Å². The Balaban J connectivity index is 1.49. The lowest BCUT2D eigenvalue weighted by Crippen LogP contribution is -2.30. The second-order valence-electron chi connectivity index (χ2n) is 9.04. The smallest absolute Gasteiger partial charge is 0.272 e. The summed E-state index contributed by atoms with van der Waals surface area (Å²) in [7, 11) is 0. The zero-order valence-electron chi connectivity index (χ0n) is 22.5. The van der Waals surface area contributed by atoms with Crippen molar-refractivity contribution in [1.82, 2.24) is 5.32 Å². The van der Waals surface area contributed by atoms with Crippen LogP contribution < -0.4 is 21.7 Å². The summed E-state index contributed by atoms with van der Waals surface area (Å²) in [6.07, 6.45) is 1.51. The molecule has 0 radical (unpaired) electrons. The molecule has 0 aliphatic rings. The third kappa shape index (κ3) is 8.09. The number of carbonyl (C=O) groups is 4. The third-order valence-electron chi connectivity index (χ3n) is 5.96. The lowest BCUT2D eigenvalue weighted by Gasteiger charge is -2.15. The van der Waals surface area contributed by atoms with E-state index in [9.17, 15) is 19.2 Å². The molecule has 0 saturated heterocycles. The molecule has 0 fully saturated rings. The van der Waals surface area contributed by atoms with Gasteiger partial charge in [0.25, 0.3) is 17.7 Å². The highest BCUT2D eigenvalue weighted by atomic mass is 35.5. The number of anilines is 2. The fourth-order valence-corrected chi connectivity index (χ4v) is 4.95. The van der Waals surface area contributed by atoms with E-state index >= 15 is 0 Å². The second kappa shape index (κ2) is 14.2. The fraction of sp³-hybridized carbons (Fsp3) is 0.0625. The first-order chi connectivity index (χ1) is 20.2. The number of nitrogens with two attached hydrogens (primary N) is 1. The Kier molecular flexibility index (Phi) is 10.1. The molecule has 0 aliphatic heterocycles. The molecule has 0 heterocycles. The van der Waals surface area contributed by atoms with Crippen LogP contribution in [0.5, 0.6) is 0 Å². The monoisotopic (exact) mass is 598 g/mol. The molecule has 8 nitrogen and oxygen atoms in total. The van der Waals surface area contributed by atoms with E-state index in [0.29, 0.717) is 32.4 Å². The van der Waals surface area contributed by atoms with E-state index in [1.54, 1.807) is 110 Å². The molecule has 4 aromatic carbocycles. The average molecular weight is 599 g/mol. The summed E-state index contributed by atoms with van der Waals surface area (Å²) in [6.45, 7) is 1.72. The molecule has 0 spiro atoms. The molecule has 0 saturated carbocycles. The predicted octanol–water partition coefficient (Wildman–Crippen LogP) is 5.97. The summed E-state index contributed by atoms with van der Waals surface area (Å²) in [5.41, 5.74) is 7.35. The summed E-state index contributed by atoms with van der Waals surface area (Å²) in [4.78, 5) is 51.5. The highest BCUT2D eigenvalue weighted by molar-refractivity contribution is 8.00. The van der Waals surface area contributed by atoms with Crippen LogP contribution in [0.2, 0.25) is 5.02 Å². The van der Waals surface area contributed by atoms with Crippen LogP contribution >= 0.6 is 23.4 Å². The van der Waals surface area contributed by atoms with Crippen LogP contribution in [0.3, 0.4) is 0 Å². The maximum Gasteiger partial charge on any atom is 0.272 e.